The number of nitrogens with two attached hydrogens (primary N) is 1. The molecule has 2 rings (SSSR count). The predicted molar refractivity (Wildman–Crippen MR) is 68.2 cm³/mol. The van der Waals surface area contributed by atoms with Gasteiger partial charge in [-0.05, 0) is 18.2 Å². The molecule has 2 aromatic rings. The van der Waals surface area contributed by atoms with E-state index in [2.05, 4.69) is 0 Å². The van der Waals surface area contributed by atoms with E-state index in [1.165, 1.54) is 6.07 Å². The molecule has 0 radical (unpaired) electrons. The number of hydrogen-bond donors (Lipinski definition) is 2. The van der Waals surface area contributed by atoms with Crippen molar-refractivity contribution >= 4 is 11.4 Å². The van der Waals surface area contributed by atoms with Crippen molar-refractivity contribution in [3.05, 3.63) is 65.2 Å². The third-order valence-electron chi connectivity index (χ3n) is 2.71. The van der Waals surface area contributed by atoms with Crippen LogP contribution in [0, 0.1) is 5.41 Å². The van der Waals surface area contributed by atoms with Crippen LogP contribution in [-0.4, -0.2) is 5.71 Å². The average molecular weight is 264 g/mol. The van der Waals surface area contributed by atoms with Crippen molar-refractivity contribution in [3.8, 4) is 0 Å². The SMILES string of the molecule is N=C(c1ccccc1)c1cc(C(F)(F)F)ccc1N. The van der Waals surface area contributed by atoms with Crippen LogP contribution < -0.4 is 5.73 Å². The minimum Gasteiger partial charge on any atom is -0.398 e. The quantitative estimate of drug-likeness (QED) is 0.630. The van der Waals surface area contributed by atoms with E-state index in [9.17, 15) is 13.2 Å². The molecule has 98 valence electrons. The summed E-state index contributed by atoms with van der Waals surface area (Å²) in [6.45, 7) is 0. The van der Waals surface area contributed by atoms with Crippen LogP contribution in [0.1, 0.15) is 16.7 Å². The monoisotopic (exact) mass is 264 g/mol. The van der Waals surface area contributed by atoms with Gasteiger partial charge in [-0.25, -0.2) is 0 Å². The number of halogens is 3. The Labute approximate surface area is 108 Å². The topological polar surface area (TPSA) is 49.9 Å². The first-order valence-electron chi connectivity index (χ1n) is 5.50. The van der Waals surface area contributed by atoms with Crippen molar-refractivity contribution in [2.45, 2.75) is 6.18 Å². The molecule has 3 N–H and O–H groups in total. The molecule has 19 heavy (non-hydrogen) atoms. The van der Waals surface area contributed by atoms with Crippen LogP contribution in [0.3, 0.4) is 0 Å². The van der Waals surface area contributed by atoms with E-state index in [-0.39, 0.29) is 17.0 Å². The van der Waals surface area contributed by atoms with E-state index in [0.717, 1.165) is 12.1 Å². The minimum absolute atomic E-state index is 0.0239. The van der Waals surface area contributed by atoms with Crippen LogP contribution in [0.5, 0.6) is 0 Å². The Kier molecular flexibility index (Phi) is 3.29. The molecule has 0 fully saturated rings. The zero-order valence-electron chi connectivity index (χ0n) is 9.83. The molecule has 0 saturated heterocycles. The van der Waals surface area contributed by atoms with Crippen LogP contribution in [0.15, 0.2) is 48.5 Å². The van der Waals surface area contributed by atoms with Crippen LogP contribution in [0.2, 0.25) is 0 Å². The molecule has 2 nitrogen and oxygen atoms in total. The van der Waals surface area contributed by atoms with Crippen molar-refractivity contribution in [2.75, 3.05) is 5.73 Å². The second-order valence-corrected chi connectivity index (χ2v) is 4.04. The summed E-state index contributed by atoms with van der Waals surface area (Å²) in [5.41, 5.74) is 5.59. The van der Waals surface area contributed by atoms with E-state index >= 15 is 0 Å². The van der Waals surface area contributed by atoms with Crippen LogP contribution in [0.4, 0.5) is 18.9 Å². The molecule has 0 aliphatic carbocycles. The molecule has 0 saturated carbocycles. The molecule has 0 heterocycles. The lowest BCUT2D eigenvalue weighted by molar-refractivity contribution is -0.137. The van der Waals surface area contributed by atoms with Gasteiger partial charge in [0.05, 0.1) is 11.3 Å². The Balaban J connectivity index is 2.48. The minimum atomic E-state index is -4.45. The van der Waals surface area contributed by atoms with Crippen LogP contribution in [-0.2, 0) is 6.18 Å². The Morgan fingerprint density at radius 3 is 2.21 bits per heavy atom. The average Bonchev–Trinajstić information content (AvgIpc) is 2.38. The number of anilines is 1. The summed E-state index contributed by atoms with van der Waals surface area (Å²) < 4.78 is 38.0. The van der Waals surface area contributed by atoms with Gasteiger partial charge in [-0.1, -0.05) is 30.3 Å². The highest BCUT2D eigenvalue weighted by Gasteiger charge is 2.31. The first-order valence-corrected chi connectivity index (χ1v) is 5.50. The molecule has 0 unspecified atom stereocenters. The third kappa shape index (κ3) is 2.76. The standard InChI is InChI=1S/C14H11F3N2/c15-14(16,17)10-6-7-12(18)11(8-10)13(19)9-4-2-1-3-5-9/h1-8,19H,18H2. The zero-order chi connectivity index (χ0) is 14.0. The molecular formula is C14H11F3N2. The maximum absolute atomic E-state index is 12.7. The van der Waals surface area contributed by atoms with Gasteiger partial charge in [0.25, 0.3) is 0 Å². The lowest BCUT2D eigenvalue weighted by atomic mass is 9.99. The smallest absolute Gasteiger partial charge is 0.398 e. The Hall–Kier alpha value is -2.30. The third-order valence-corrected chi connectivity index (χ3v) is 2.71. The van der Waals surface area contributed by atoms with E-state index in [0.29, 0.717) is 5.56 Å². The van der Waals surface area contributed by atoms with Gasteiger partial charge in [-0.15, -0.1) is 0 Å². The van der Waals surface area contributed by atoms with E-state index in [1.807, 2.05) is 0 Å². The summed E-state index contributed by atoms with van der Waals surface area (Å²) in [4.78, 5) is 0. The molecular weight excluding hydrogens is 253 g/mol. The number of nitrogen functional groups attached to an aromatic ring is 1. The van der Waals surface area contributed by atoms with E-state index in [4.69, 9.17) is 11.1 Å². The molecule has 0 aliphatic heterocycles. The summed E-state index contributed by atoms with van der Waals surface area (Å²) in [5, 5.41) is 7.97. The zero-order valence-corrected chi connectivity index (χ0v) is 9.83. The van der Waals surface area contributed by atoms with Gasteiger partial charge in [0.1, 0.15) is 0 Å². The highest BCUT2D eigenvalue weighted by atomic mass is 19.4. The number of rotatable bonds is 2. The van der Waals surface area contributed by atoms with Crippen molar-refractivity contribution < 1.29 is 13.2 Å². The second-order valence-electron chi connectivity index (χ2n) is 4.04. The molecule has 2 aromatic carbocycles. The highest BCUT2D eigenvalue weighted by molar-refractivity contribution is 6.13. The number of nitrogens with one attached hydrogen (secondary N) is 1. The Morgan fingerprint density at radius 2 is 1.63 bits per heavy atom. The molecule has 0 amide bonds. The van der Waals surface area contributed by atoms with Gasteiger partial charge in [0.2, 0.25) is 0 Å². The molecule has 0 atom stereocenters. The van der Waals surface area contributed by atoms with E-state index < -0.39 is 11.7 Å². The highest BCUT2D eigenvalue weighted by Crippen LogP contribution is 2.31. The number of hydrogen-bond acceptors (Lipinski definition) is 2. The summed E-state index contributed by atoms with van der Waals surface area (Å²) >= 11 is 0. The van der Waals surface area contributed by atoms with Gasteiger partial charge in [0.15, 0.2) is 0 Å². The van der Waals surface area contributed by atoms with Gasteiger partial charge >= 0.3 is 6.18 Å². The van der Waals surface area contributed by atoms with Gasteiger partial charge in [0, 0.05) is 16.8 Å². The first kappa shape index (κ1) is 13.1. The second kappa shape index (κ2) is 4.76. The Morgan fingerprint density at radius 1 is 1.00 bits per heavy atom. The lowest BCUT2D eigenvalue weighted by Gasteiger charge is -2.12. The molecule has 0 aromatic heterocycles. The summed E-state index contributed by atoms with van der Waals surface area (Å²) in [5.74, 6) is 0. The molecule has 0 spiro atoms. The summed E-state index contributed by atoms with van der Waals surface area (Å²) in [7, 11) is 0. The summed E-state index contributed by atoms with van der Waals surface area (Å²) in [6, 6.07) is 11.5. The normalized spacial score (nSPS) is 11.3. The fraction of sp³-hybridized carbons (Fsp3) is 0.0714. The fourth-order valence-corrected chi connectivity index (χ4v) is 1.71. The van der Waals surface area contributed by atoms with Gasteiger partial charge < -0.3 is 5.73 Å². The number of alkyl halides is 3. The largest absolute Gasteiger partial charge is 0.416 e. The van der Waals surface area contributed by atoms with Crippen LogP contribution >= 0.6 is 0 Å². The number of benzene rings is 2. The maximum Gasteiger partial charge on any atom is 0.416 e. The van der Waals surface area contributed by atoms with Crippen molar-refractivity contribution in [1.29, 1.82) is 5.41 Å². The van der Waals surface area contributed by atoms with Crippen molar-refractivity contribution in [3.63, 3.8) is 0 Å². The summed E-state index contributed by atoms with van der Waals surface area (Å²) in [6.07, 6.45) is -4.45. The fourth-order valence-electron chi connectivity index (χ4n) is 1.71. The van der Waals surface area contributed by atoms with Crippen LogP contribution in [0.25, 0.3) is 0 Å². The van der Waals surface area contributed by atoms with Crippen molar-refractivity contribution in [1.82, 2.24) is 0 Å². The van der Waals surface area contributed by atoms with Gasteiger partial charge in [-0.3, -0.25) is 5.41 Å². The predicted octanol–water partition coefficient (Wildman–Crippen LogP) is 3.70. The maximum atomic E-state index is 12.7. The molecule has 0 aliphatic rings. The molecule has 0 bridgehead atoms. The van der Waals surface area contributed by atoms with Crippen molar-refractivity contribution in [2.24, 2.45) is 0 Å². The lowest BCUT2D eigenvalue weighted by Crippen LogP contribution is -2.10. The molecule has 5 heteroatoms. The van der Waals surface area contributed by atoms with Gasteiger partial charge in [-0.2, -0.15) is 13.2 Å². The Bertz CT molecular complexity index is 604. The van der Waals surface area contributed by atoms with E-state index in [1.54, 1.807) is 30.3 Å². The first-order chi connectivity index (χ1) is 8.89.